The lowest BCUT2D eigenvalue weighted by molar-refractivity contribution is -0.948. The van der Waals surface area contributed by atoms with Crippen LogP contribution in [0.3, 0.4) is 0 Å². The zero-order valence-electron chi connectivity index (χ0n) is 19.0. The van der Waals surface area contributed by atoms with Gasteiger partial charge in [0, 0.05) is 24.7 Å². The Kier molecular flexibility index (Phi) is 7.76. The molecule has 2 aromatic carbocycles. The fraction of sp³-hybridized carbons (Fsp3) is 0.458. The molecule has 0 saturated heterocycles. The minimum Gasteiger partial charge on any atom is -0.497 e. The molecule has 2 N–H and O–H groups in total. The smallest absolute Gasteiger partial charge is 0.246 e. The SMILES string of the molecule is COCC(=O)N[C@@H](C)[C@@H]1c2cc(OC)c(OC)cc2CC[NH+]1Cc1ccc(OC)cc1. The van der Waals surface area contributed by atoms with Gasteiger partial charge in [-0.05, 0) is 48.9 Å². The van der Waals surface area contributed by atoms with E-state index in [1.165, 1.54) is 28.7 Å². The van der Waals surface area contributed by atoms with E-state index in [0.717, 1.165) is 31.0 Å². The average molecular weight is 430 g/mol. The topological polar surface area (TPSA) is 70.5 Å². The van der Waals surface area contributed by atoms with Gasteiger partial charge in [0.2, 0.25) is 5.91 Å². The molecule has 0 saturated carbocycles. The monoisotopic (exact) mass is 429 g/mol. The molecule has 0 bridgehead atoms. The number of hydrogen-bond donors (Lipinski definition) is 2. The van der Waals surface area contributed by atoms with Gasteiger partial charge in [-0.3, -0.25) is 4.79 Å². The predicted octanol–water partition coefficient (Wildman–Crippen LogP) is 1.55. The summed E-state index contributed by atoms with van der Waals surface area (Å²) in [5.41, 5.74) is 3.63. The lowest BCUT2D eigenvalue weighted by atomic mass is 9.87. The molecule has 3 atom stereocenters. The normalized spacial score (nSPS) is 18.6. The standard InChI is InChI=1S/C24H32N2O5/c1-16(25-23(27)15-28-2)24-20-13-22(31-5)21(30-4)12-18(20)10-11-26(24)14-17-6-8-19(29-3)9-7-17/h6-9,12-13,16,24H,10-11,14-15H2,1-5H3,(H,25,27)/p+1/t16-,24+/m0/s1. The van der Waals surface area contributed by atoms with Crippen LogP contribution in [0.5, 0.6) is 17.2 Å². The highest BCUT2D eigenvalue weighted by Crippen LogP contribution is 2.35. The van der Waals surface area contributed by atoms with Crippen LogP contribution in [0.1, 0.15) is 29.7 Å². The molecular formula is C24H33N2O5+. The molecule has 2 aromatic rings. The third-order valence-corrected chi connectivity index (χ3v) is 5.89. The van der Waals surface area contributed by atoms with E-state index in [1.54, 1.807) is 21.3 Å². The second-order valence-electron chi connectivity index (χ2n) is 7.86. The van der Waals surface area contributed by atoms with Crippen LogP contribution in [0.2, 0.25) is 0 Å². The second kappa shape index (κ2) is 10.5. The molecule has 0 spiro atoms. The number of hydrogen-bond acceptors (Lipinski definition) is 5. The van der Waals surface area contributed by atoms with E-state index in [1.807, 2.05) is 12.1 Å². The van der Waals surface area contributed by atoms with Gasteiger partial charge in [-0.15, -0.1) is 0 Å². The predicted molar refractivity (Wildman–Crippen MR) is 118 cm³/mol. The molecular weight excluding hydrogens is 396 g/mol. The number of carbonyl (C=O) groups excluding carboxylic acids is 1. The van der Waals surface area contributed by atoms with Gasteiger partial charge in [0.05, 0.1) is 33.9 Å². The van der Waals surface area contributed by atoms with E-state index >= 15 is 0 Å². The first-order valence-corrected chi connectivity index (χ1v) is 10.5. The number of amides is 1. The van der Waals surface area contributed by atoms with Crippen molar-refractivity contribution in [2.45, 2.75) is 32.0 Å². The van der Waals surface area contributed by atoms with Crippen LogP contribution in [0.4, 0.5) is 0 Å². The van der Waals surface area contributed by atoms with Crippen LogP contribution in [-0.2, 0) is 22.5 Å². The number of methoxy groups -OCH3 is 4. The minimum atomic E-state index is -0.119. The summed E-state index contributed by atoms with van der Waals surface area (Å²) < 4.78 is 21.4. The molecule has 1 aliphatic rings. The quantitative estimate of drug-likeness (QED) is 0.633. The summed E-state index contributed by atoms with van der Waals surface area (Å²) in [6.07, 6.45) is 0.927. The summed E-state index contributed by atoms with van der Waals surface area (Å²) in [5.74, 6) is 2.16. The molecule has 168 valence electrons. The van der Waals surface area contributed by atoms with E-state index in [4.69, 9.17) is 18.9 Å². The zero-order valence-corrected chi connectivity index (χ0v) is 19.0. The van der Waals surface area contributed by atoms with Crippen molar-refractivity contribution in [3.8, 4) is 17.2 Å². The Morgan fingerprint density at radius 3 is 2.35 bits per heavy atom. The summed E-state index contributed by atoms with van der Waals surface area (Å²) >= 11 is 0. The van der Waals surface area contributed by atoms with Gasteiger partial charge < -0.3 is 29.2 Å². The van der Waals surface area contributed by atoms with Crippen LogP contribution >= 0.6 is 0 Å². The van der Waals surface area contributed by atoms with Gasteiger partial charge in [0.15, 0.2) is 11.5 Å². The highest BCUT2D eigenvalue weighted by Gasteiger charge is 2.37. The Bertz CT molecular complexity index is 884. The molecule has 0 radical (unpaired) electrons. The Labute approximate surface area is 184 Å². The van der Waals surface area contributed by atoms with Crippen LogP contribution in [0.25, 0.3) is 0 Å². The minimum absolute atomic E-state index is 0.0453. The molecule has 0 aromatic heterocycles. The maximum Gasteiger partial charge on any atom is 0.246 e. The second-order valence-corrected chi connectivity index (χ2v) is 7.86. The number of rotatable bonds is 9. The lowest BCUT2D eigenvalue weighted by Crippen LogP contribution is -3.13. The Morgan fingerprint density at radius 2 is 1.74 bits per heavy atom. The van der Waals surface area contributed by atoms with E-state index < -0.39 is 0 Å². The third-order valence-electron chi connectivity index (χ3n) is 5.89. The van der Waals surface area contributed by atoms with Crippen molar-refractivity contribution in [2.75, 3.05) is 41.6 Å². The largest absolute Gasteiger partial charge is 0.497 e. The molecule has 1 aliphatic heterocycles. The van der Waals surface area contributed by atoms with E-state index in [2.05, 4.69) is 36.5 Å². The molecule has 3 rings (SSSR count). The molecule has 1 unspecified atom stereocenters. The van der Waals surface area contributed by atoms with Crippen molar-refractivity contribution in [1.29, 1.82) is 0 Å². The summed E-state index contributed by atoms with van der Waals surface area (Å²) in [6.45, 7) is 3.89. The first-order valence-electron chi connectivity index (χ1n) is 10.5. The van der Waals surface area contributed by atoms with Gasteiger partial charge in [-0.2, -0.15) is 0 Å². The molecule has 7 heteroatoms. The maximum absolute atomic E-state index is 12.3. The van der Waals surface area contributed by atoms with E-state index in [0.29, 0.717) is 5.75 Å². The first kappa shape index (κ1) is 22.9. The Morgan fingerprint density at radius 1 is 1.06 bits per heavy atom. The molecule has 0 fully saturated rings. The van der Waals surface area contributed by atoms with Crippen molar-refractivity contribution in [3.63, 3.8) is 0 Å². The van der Waals surface area contributed by atoms with Crippen LogP contribution in [0.15, 0.2) is 36.4 Å². The van der Waals surface area contributed by atoms with Crippen molar-refractivity contribution in [1.82, 2.24) is 5.32 Å². The van der Waals surface area contributed by atoms with Crippen LogP contribution in [0, 0.1) is 0 Å². The summed E-state index contributed by atoms with van der Waals surface area (Å²) in [7, 11) is 6.50. The Hall–Kier alpha value is -2.77. The van der Waals surface area contributed by atoms with Gasteiger partial charge >= 0.3 is 0 Å². The zero-order chi connectivity index (χ0) is 22.4. The van der Waals surface area contributed by atoms with E-state index in [-0.39, 0.29) is 24.6 Å². The Balaban J connectivity index is 1.95. The van der Waals surface area contributed by atoms with Crippen LogP contribution < -0.4 is 24.4 Å². The van der Waals surface area contributed by atoms with Gasteiger partial charge in [-0.1, -0.05) is 0 Å². The number of fused-ring (bicyclic) bond motifs is 1. The van der Waals surface area contributed by atoms with Gasteiger partial charge in [-0.25, -0.2) is 0 Å². The fourth-order valence-corrected chi connectivity index (χ4v) is 4.45. The van der Waals surface area contributed by atoms with Gasteiger partial charge in [0.1, 0.15) is 24.9 Å². The summed E-state index contributed by atoms with van der Waals surface area (Å²) in [4.78, 5) is 13.6. The number of carbonyl (C=O) groups is 1. The number of benzene rings is 2. The van der Waals surface area contributed by atoms with Crippen molar-refractivity contribution in [3.05, 3.63) is 53.1 Å². The molecule has 0 aliphatic carbocycles. The molecule has 1 amide bonds. The fourth-order valence-electron chi connectivity index (χ4n) is 4.45. The summed E-state index contributed by atoms with van der Waals surface area (Å²) in [5, 5.41) is 3.11. The maximum atomic E-state index is 12.3. The number of nitrogens with one attached hydrogen (secondary N) is 2. The van der Waals surface area contributed by atoms with E-state index in [9.17, 15) is 4.79 Å². The molecule has 1 heterocycles. The van der Waals surface area contributed by atoms with Crippen molar-refractivity contribution >= 4 is 5.91 Å². The lowest BCUT2D eigenvalue weighted by Gasteiger charge is -2.38. The highest BCUT2D eigenvalue weighted by atomic mass is 16.5. The summed E-state index contributed by atoms with van der Waals surface area (Å²) in [6, 6.07) is 12.3. The number of quaternary nitrogens is 1. The van der Waals surface area contributed by atoms with Crippen LogP contribution in [-0.4, -0.2) is 53.5 Å². The first-order chi connectivity index (χ1) is 15.0. The van der Waals surface area contributed by atoms with Gasteiger partial charge in [0.25, 0.3) is 0 Å². The molecule has 31 heavy (non-hydrogen) atoms. The van der Waals surface area contributed by atoms with Crippen molar-refractivity contribution < 1.29 is 28.6 Å². The highest BCUT2D eigenvalue weighted by molar-refractivity contribution is 5.77. The van der Waals surface area contributed by atoms with Crippen molar-refractivity contribution in [2.24, 2.45) is 0 Å². The number of ether oxygens (including phenoxy) is 4. The average Bonchev–Trinajstić information content (AvgIpc) is 2.78. The third kappa shape index (κ3) is 5.29. The molecule has 7 nitrogen and oxygen atoms in total.